The molecule has 8 heavy (non-hydrogen) atoms. The first-order valence-corrected chi connectivity index (χ1v) is 2.02. The topological polar surface area (TPSA) is 40.9 Å². The monoisotopic (exact) mass is 282 g/mol. The van der Waals surface area contributed by atoms with Gasteiger partial charge in [-0.2, -0.15) is 5.26 Å². The standard InChI is InChI=1S/C4H7N.CHO.W/c1-2-3-4-5;1-2;/h2-3H2,1H3;1H;/q;-1;. The maximum absolute atomic E-state index is 7.82. The van der Waals surface area contributed by atoms with Crippen LogP contribution >= 0.6 is 0 Å². The Labute approximate surface area is 64.1 Å². The molecule has 0 amide bonds. The molecule has 46 valence electrons. The van der Waals surface area contributed by atoms with E-state index in [4.69, 9.17) is 10.1 Å². The Morgan fingerprint density at radius 2 is 2.00 bits per heavy atom. The van der Waals surface area contributed by atoms with Gasteiger partial charge in [-0.1, -0.05) is 6.92 Å². The van der Waals surface area contributed by atoms with E-state index in [-0.39, 0.29) is 21.1 Å². The van der Waals surface area contributed by atoms with Crippen molar-refractivity contribution in [2.45, 2.75) is 19.8 Å². The van der Waals surface area contributed by atoms with E-state index in [1.165, 1.54) is 0 Å². The molecule has 0 rings (SSSR count). The number of hydrogen-bond donors (Lipinski definition) is 0. The summed E-state index contributed by atoms with van der Waals surface area (Å²) in [5.74, 6) is 0. The second-order valence-electron chi connectivity index (χ2n) is 0.908. The van der Waals surface area contributed by atoms with Gasteiger partial charge in [-0.05, 0) is 6.42 Å². The summed E-state index contributed by atoms with van der Waals surface area (Å²) in [6, 6.07) is 2.02. The van der Waals surface area contributed by atoms with E-state index in [9.17, 15) is 0 Å². The van der Waals surface area contributed by atoms with Crippen LogP contribution in [0.15, 0.2) is 0 Å². The SMILES string of the molecule is CCCC#N.[CH-]=O.[W]. The Bertz CT molecular complexity index is 59.9. The van der Waals surface area contributed by atoms with E-state index in [0.717, 1.165) is 6.42 Å². The van der Waals surface area contributed by atoms with Gasteiger partial charge in [0.05, 0.1) is 6.07 Å². The molecule has 0 aliphatic heterocycles. The average Bonchev–Trinajstić information content (AvgIpc) is 1.75. The van der Waals surface area contributed by atoms with Crippen LogP contribution in [0.2, 0.25) is 0 Å². The summed E-state index contributed by atoms with van der Waals surface area (Å²) in [5, 5.41) is 7.82. The third kappa shape index (κ3) is 40.2. The molecule has 0 unspecified atom stereocenters. The molecular weight excluding hydrogens is 274 g/mol. The zero-order valence-electron chi connectivity index (χ0n) is 4.76. The molecule has 2 nitrogen and oxygen atoms in total. The van der Waals surface area contributed by atoms with Crippen molar-refractivity contribution in [2.24, 2.45) is 0 Å². The van der Waals surface area contributed by atoms with Gasteiger partial charge < -0.3 is 4.79 Å². The zero-order chi connectivity index (χ0) is 6.12. The number of nitriles is 1. The smallest absolute Gasteiger partial charge is 0.0621 e. The first kappa shape index (κ1) is 15.7. The van der Waals surface area contributed by atoms with Gasteiger partial charge in [0.1, 0.15) is 0 Å². The van der Waals surface area contributed by atoms with E-state index >= 15 is 0 Å². The van der Waals surface area contributed by atoms with Gasteiger partial charge in [0.2, 0.25) is 0 Å². The van der Waals surface area contributed by atoms with Gasteiger partial charge in [0.15, 0.2) is 0 Å². The molecule has 0 saturated heterocycles. The summed E-state index contributed by atoms with van der Waals surface area (Å²) >= 11 is 0. The molecule has 0 saturated carbocycles. The molecule has 0 aromatic heterocycles. The summed E-state index contributed by atoms with van der Waals surface area (Å²) in [5.41, 5.74) is 0. The number of hydrogen-bond acceptors (Lipinski definition) is 2. The van der Waals surface area contributed by atoms with Crippen LogP contribution in [0.3, 0.4) is 0 Å². The zero-order valence-corrected chi connectivity index (χ0v) is 7.69. The summed E-state index contributed by atoms with van der Waals surface area (Å²) in [6.45, 7) is 5.24. The Kier molecular flexibility index (Phi) is 56.5. The fourth-order valence-electron chi connectivity index (χ4n) is 0.112. The normalized spacial score (nSPS) is 4.50. The number of carbonyl (C=O) groups excluding carboxylic acids is 1. The van der Waals surface area contributed by atoms with Crippen molar-refractivity contribution in [3.05, 3.63) is 0 Å². The van der Waals surface area contributed by atoms with Crippen LogP contribution in [0.5, 0.6) is 0 Å². The molecule has 0 aliphatic carbocycles. The van der Waals surface area contributed by atoms with E-state index in [1.54, 1.807) is 0 Å². The van der Waals surface area contributed by atoms with Crippen molar-refractivity contribution in [3.63, 3.8) is 0 Å². The second-order valence-corrected chi connectivity index (χ2v) is 0.908. The van der Waals surface area contributed by atoms with Crippen molar-refractivity contribution >= 4 is 6.79 Å². The molecule has 0 bridgehead atoms. The van der Waals surface area contributed by atoms with E-state index in [0.29, 0.717) is 6.42 Å². The summed E-state index contributed by atoms with van der Waals surface area (Å²) in [4.78, 5) is 7.75. The molecule has 3 heteroatoms. The maximum Gasteiger partial charge on any atom is 0.0621 e. The minimum Gasteiger partial charge on any atom is -0.545 e. The fraction of sp³-hybridized carbons (Fsp3) is 0.600. The summed E-state index contributed by atoms with van der Waals surface area (Å²) < 4.78 is 0. The Morgan fingerprint density at radius 1 is 1.62 bits per heavy atom. The van der Waals surface area contributed by atoms with E-state index < -0.39 is 0 Å². The quantitative estimate of drug-likeness (QED) is 0.532. The van der Waals surface area contributed by atoms with Crippen molar-refractivity contribution in [3.8, 4) is 6.07 Å². The third-order valence-corrected chi connectivity index (χ3v) is 0.362. The van der Waals surface area contributed by atoms with Crippen LogP contribution in [0, 0.1) is 11.3 Å². The van der Waals surface area contributed by atoms with Crippen molar-refractivity contribution in [2.75, 3.05) is 0 Å². The van der Waals surface area contributed by atoms with Crippen LogP contribution in [0.1, 0.15) is 19.8 Å². The Balaban J connectivity index is -0.0000000750. The van der Waals surface area contributed by atoms with Crippen LogP contribution in [0.4, 0.5) is 0 Å². The molecular formula is C5H8NOW-. The van der Waals surface area contributed by atoms with Crippen LogP contribution < -0.4 is 0 Å². The molecule has 0 aromatic rings. The van der Waals surface area contributed by atoms with Crippen molar-refractivity contribution < 1.29 is 25.9 Å². The van der Waals surface area contributed by atoms with Gasteiger partial charge in [-0.3, -0.25) is 6.79 Å². The summed E-state index contributed by atoms with van der Waals surface area (Å²) in [6.07, 6.45) is 1.68. The minimum absolute atomic E-state index is 0. The van der Waals surface area contributed by atoms with Gasteiger partial charge in [0, 0.05) is 27.5 Å². The first-order valence-electron chi connectivity index (χ1n) is 2.02. The molecule has 0 N–H and O–H groups in total. The molecule has 0 aromatic carbocycles. The number of unbranched alkanes of at least 4 members (excludes halogenated alkanes) is 1. The van der Waals surface area contributed by atoms with Gasteiger partial charge >= 0.3 is 0 Å². The molecule has 0 atom stereocenters. The molecule has 0 radical (unpaired) electrons. The first-order chi connectivity index (χ1) is 3.41. The predicted molar refractivity (Wildman–Crippen MR) is 27.3 cm³/mol. The van der Waals surface area contributed by atoms with Crippen LogP contribution in [-0.4, -0.2) is 6.79 Å². The van der Waals surface area contributed by atoms with Crippen molar-refractivity contribution in [1.29, 1.82) is 5.26 Å². The van der Waals surface area contributed by atoms with Crippen LogP contribution in [0.25, 0.3) is 0 Å². The van der Waals surface area contributed by atoms with Gasteiger partial charge in [-0.15, -0.1) is 0 Å². The van der Waals surface area contributed by atoms with Gasteiger partial charge in [-0.25, -0.2) is 0 Å². The predicted octanol–water partition coefficient (Wildman–Crippen LogP) is 1.03. The second kappa shape index (κ2) is 28.9. The van der Waals surface area contributed by atoms with Crippen LogP contribution in [-0.2, 0) is 25.9 Å². The summed E-state index contributed by atoms with van der Waals surface area (Å²) in [7, 11) is 0. The van der Waals surface area contributed by atoms with Gasteiger partial charge in [0.25, 0.3) is 0 Å². The number of nitrogens with zero attached hydrogens (tertiary/aromatic N) is 1. The van der Waals surface area contributed by atoms with E-state index in [2.05, 4.69) is 6.79 Å². The number of rotatable bonds is 1. The third-order valence-electron chi connectivity index (χ3n) is 0.362. The average molecular weight is 282 g/mol. The fourth-order valence-corrected chi connectivity index (χ4v) is 0.112. The minimum atomic E-state index is 0. The Hall–Kier alpha value is -0.152. The maximum atomic E-state index is 7.82. The Morgan fingerprint density at radius 3 is 2.00 bits per heavy atom. The molecule has 0 spiro atoms. The molecule has 0 heterocycles. The molecule has 0 fully saturated rings. The largest absolute Gasteiger partial charge is 0.545 e. The van der Waals surface area contributed by atoms with E-state index in [1.807, 2.05) is 13.0 Å². The van der Waals surface area contributed by atoms with Crippen molar-refractivity contribution in [1.82, 2.24) is 0 Å². The molecule has 0 aliphatic rings.